The van der Waals surface area contributed by atoms with E-state index in [1.54, 1.807) is 11.6 Å². The molecular weight excluding hydrogens is 520 g/mol. The van der Waals surface area contributed by atoms with Crippen LogP contribution in [-0.4, -0.2) is 43.9 Å². The highest BCUT2D eigenvalue weighted by Crippen LogP contribution is 2.27. The van der Waals surface area contributed by atoms with Gasteiger partial charge in [0.25, 0.3) is 5.91 Å². The molecule has 0 unspecified atom stereocenters. The van der Waals surface area contributed by atoms with Crippen molar-refractivity contribution in [2.45, 2.75) is 38.4 Å². The van der Waals surface area contributed by atoms with Gasteiger partial charge in [0.1, 0.15) is 5.75 Å². The summed E-state index contributed by atoms with van der Waals surface area (Å²) >= 11 is 2.64. The van der Waals surface area contributed by atoms with E-state index in [1.165, 1.54) is 23.1 Å². The summed E-state index contributed by atoms with van der Waals surface area (Å²) in [6.45, 7) is 6.28. The minimum Gasteiger partial charge on any atom is -0.483 e. The molecule has 0 atom stereocenters. The Kier molecular flexibility index (Phi) is 9.14. The molecule has 0 radical (unpaired) electrons. The standard InChI is InChI=1S/C27H30N6O3S2/c1-17(2)20-11-10-18(3)12-22(20)36-14-24(34)28-13-23-31-32-27(33(23)4)38-16-25(35)30-26-29-21(15-37-26)19-8-6-5-7-9-19/h5-12,15,17H,13-14,16H2,1-4H3,(H,28,34)(H,29,30,35). The van der Waals surface area contributed by atoms with E-state index in [0.717, 1.165) is 28.1 Å². The first-order valence-electron chi connectivity index (χ1n) is 12.1. The Hall–Kier alpha value is -3.70. The topological polar surface area (TPSA) is 111 Å². The summed E-state index contributed by atoms with van der Waals surface area (Å²) in [5.74, 6) is 1.30. The molecule has 0 saturated heterocycles. The van der Waals surface area contributed by atoms with Gasteiger partial charge in [0.2, 0.25) is 5.91 Å². The molecule has 4 aromatic rings. The molecule has 2 aromatic carbocycles. The van der Waals surface area contributed by atoms with Gasteiger partial charge in [-0.25, -0.2) is 4.98 Å². The Morgan fingerprint density at radius 3 is 2.66 bits per heavy atom. The fraction of sp³-hybridized carbons (Fsp3) is 0.296. The molecule has 0 spiro atoms. The molecule has 2 amide bonds. The predicted molar refractivity (Wildman–Crippen MR) is 151 cm³/mol. The molecule has 0 bridgehead atoms. The molecular formula is C27H30N6O3S2. The van der Waals surface area contributed by atoms with Gasteiger partial charge in [0, 0.05) is 18.0 Å². The van der Waals surface area contributed by atoms with Crippen molar-refractivity contribution in [2.24, 2.45) is 7.05 Å². The number of carbonyl (C=O) groups excluding carboxylic acids is 2. The molecule has 0 saturated carbocycles. The third-order valence-electron chi connectivity index (χ3n) is 5.67. The summed E-state index contributed by atoms with van der Waals surface area (Å²) in [6, 6.07) is 15.8. The zero-order valence-electron chi connectivity index (χ0n) is 21.7. The van der Waals surface area contributed by atoms with Gasteiger partial charge in [-0.15, -0.1) is 21.5 Å². The van der Waals surface area contributed by atoms with Gasteiger partial charge >= 0.3 is 0 Å². The van der Waals surface area contributed by atoms with E-state index in [4.69, 9.17) is 4.74 Å². The zero-order valence-corrected chi connectivity index (χ0v) is 23.4. The lowest BCUT2D eigenvalue weighted by atomic mass is 10.0. The van der Waals surface area contributed by atoms with Crippen molar-refractivity contribution >= 4 is 40.0 Å². The number of carbonyl (C=O) groups is 2. The molecule has 0 fully saturated rings. The maximum absolute atomic E-state index is 12.4. The Labute approximate surface area is 230 Å². The number of amides is 2. The van der Waals surface area contributed by atoms with Crippen LogP contribution in [0.1, 0.15) is 36.7 Å². The van der Waals surface area contributed by atoms with E-state index >= 15 is 0 Å². The van der Waals surface area contributed by atoms with E-state index in [2.05, 4.69) is 39.7 Å². The van der Waals surface area contributed by atoms with Crippen LogP contribution in [0.25, 0.3) is 11.3 Å². The van der Waals surface area contributed by atoms with Gasteiger partial charge in [-0.05, 0) is 30.0 Å². The largest absolute Gasteiger partial charge is 0.483 e. The van der Waals surface area contributed by atoms with Crippen LogP contribution < -0.4 is 15.4 Å². The predicted octanol–water partition coefficient (Wildman–Crippen LogP) is 4.80. The number of nitrogens with zero attached hydrogens (tertiary/aromatic N) is 4. The second-order valence-corrected chi connectivity index (χ2v) is 10.8. The van der Waals surface area contributed by atoms with Crippen molar-refractivity contribution in [3.05, 3.63) is 70.9 Å². The van der Waals surface area contributed by atoms with E-state index in [-0.39, 0.29) is 30.7 Å². The van der Waals surface area contributed by atoms with E-state index in [1.807, 2.05) is 60.8 Å². The molecule has 11 heteroatoms. The summed E-state index contributed by atoms with van der Waals surface area (Å²) in [5.41, 5.74) is 3.96. The summed E-state index contributed by atoms with van der Waals surface area (Å²) in [6.07, 6.45) is 0. The van der Waals surface area contributed by atoms with Crippen LogP contribution in [0.3, 0.4) is 0 Å². The molecule has 4 rings (SSSR count). The first-order valence-corrected chi connectivity index (χ1v) is 14.0. The normalized spacial score (nSPS) is 11.0. The fourth-order valence-electron chi connectivity index (χ4n) is 3.60. The third-order valence-corrected chi connectivity index (χ3v) is 7.45. The molecule has 2 N–H and O–H groups in total. The lowest BCUT2D eigenvalue weighted by Crippen LogP contribution is -2.29. The number of thiazole rings is 1. The molecule has 0 aliphatic heterocycles. The zero-order chi connectivity index (χ0) is 27.1. The lowest BCUT2D eigenvalue weighted by molar-refractivity contribution is -0.123. The fourth-order valence-corrected chi connectivity index (χ4v) is 5.06. The number of hydrogen-bond donors (Lipinski definition) is 2. The van der Waals surface area contributed by atoms with Crippen LogP contribution in [-0.2, 0) is 23.2 Å². The summed E-state index contributed by atoms with van der Waals surface area (Å²) < 4.78 is 7.55. The number of anilines is 1. The molecule has 0 aliphatic carbocycles. The van der Waals surface area contributed by atoms with Gasteiger partial charge in [-0.1, -0.05) is 68.1 Å². The molecule has 0 aliphatic rings. The summed E-state index contributed by atoms with van der Waals surface area (Å²) in [5, 5.41) is 17.0. The van der Waals surface area contributed by atoms with Gasteiger partial charge < -0.3 is 19.9 Å². The highest BCUT2D eigenvalue weighted by atomic mass is 32.2. The van der Waals surface area contributed by atoms with Crippen molar-refractivity contribution in [1.29, 1.82) is 0 Å². The van der Waals surface area contributed by atoms with Crippen molar-refractivity contribution in [3.63, 3.8) is 0 Å². The number of thioether (sulfide) groups is 1. The Bertz CT molecular complexity index is 1400. The monoisotopic (exact) mass is 550 g/mol. The average molecular weight is 551 g/mol. The minimum absolute atomic E-state index is 0.0917. The maximum Gasteiger partial charge on any atom is 0.258 e. The number of benzene rings is 2. The smallest absolute Gasteiger partial charge is 0.258 e. The van der Waals surface area contributed by atoms with Crippen LogP contribution in [0.5, 0.6) is 5.75 Å². The highest BCUT2D eigenvalue weighted by Gasteiger charge is 2.15. The maximum atomic E-state index is 12.4. The van der Waals surface area contributed by atoms with E-state index in [0.29, 0.717) is 22.0 Å². The quantitative estimate of drug-likeness (QED) is 0.258. The average Bonchev–Trinajstić information content (AvgIpc) is 3.51. The van der Waals surface area contributed by atoms with Gasteiger partial charge in [0.15, 0.2) is 22.7 Å². The van der Waals surface area contributed by atoms with Gasteiger partial charge in [-0.2, -0.15) is 0 Å². The molecule has 2 aromatic heterocycles. The Morgan fingerprint density at radius 1 is 1.11 bits per heavy atom. The van der Waals surface area contributed by atoms with Crippen molar-refractivity contribution < 1.29 is 14.3 Å². The second kappa shape index (κ2) is 12.7. The number of aromatic nitrogens is 4. The number of nitrogens with one attached hydrogen (secondary N) is 2. The van der Waals surface area contributed by atoms with Crippen LogP contribution in [0.15, 0.2) is 59.1 Å². The minimum atomic E-state index is -0.254. The Morgan fingerprint density at radius 2 is 1.89 bits per heavy atom. The SMILES string of the molecule is Cc1ccc(C(C)C)c(OCC(=O)NCc2nnc(SCC(=O)Nc3nc(-c4ccccc4)cs3)n2C)c1. The van der Waals surface area contributed by atoms with E-state index in [9.17, 15) is 9.59 Å². The Balaban J connectivity index is 1.23. The van der Waals surface area contributed by atoms with Crippen LogP contribution in [0.2, 0.25) is 0 Å². The van der Waals surface area contributed by atoms with Crippen LogP contribution in [0, 0.1) is 6.92 Å². The molecule has 198 valence electrons. The first-order chi connectivity index (χ1) is 18.3. The molecule has 9 nitrogen and oxygen atoms in total. The van der Waals surface area contributed by atoms with Crippen LogP contribution in [0.4, 0.5) is 5.13 Å². The van der Waals surface area contributed by atoms with Crippen molar-refractivity contribution in [2.75, 3.05) is 17.7 Å². The first kappa shape index (κ1) is 27.3. The second-order valence-electron chi connectivity index (χ2n) is 8.96. The number of ether oxygens (including phenoxy) is 1. The van der Waals surface area contributed by atoms with Gasteiger partial charge in [-0.3, -0.25) is 9.59 Å². The van der Waals surface area contributed by atoms with Crippen LogP contribution >= 0.6 is 23.1 Å². The number of rotatable bonds is 11. The third kappa shape index (κ3) is 7.20. The number of hydrogen-bond acceptors (Lipinski definition) is 8. The molecule has 38 heavy (non-hydrogen) atoms. The lowest BCUT2D eigenvalue weighted by Gasteiger charge is -2.14. The van der Waals surface area contributed by atoms with E-state index < -0.39 is 0 Å². The van der Waals surface area contributed by atoms with Crippen molar-refractivity contribution in [1.82, 2.24) is 25.1 Å². The molecule has 2 heterocycles. The summed E-state index contributed by atoms with van der Waals surface area (Å²) in [4.78, 5) is 29.3. The highest BCUT2D eigenvalue weighted by molar-refractivity contribution is 7.99. The number of aryl methyl sites for hydroxylation is 1. The van der Waals surface area contributed by atoms with Gasteiger partial charge in [0.05, 0.1) is 18.0 Å². The van der Waals surface area contributed by atoms with Crippen molar-refractivity contribution in [3.8, 4) is 17.0 Å². The summed E-state index contributed by atoms with van der Waals surface area (Å²) in [7, 11) is 1.80.